The maximum atomic E-state index is 6.16. The summed E-state index contributed by atoms with van der Waals surface area (Å²) >= 11 is 0. The lowest BCUT2D eigenvalue weighted by molar-refractivity contribution is 0.120. The first kappa shape index (κ1) is 18.0. The van der Waals surface area contributed by atoms with Crippen molar-refractivity contribution in [3.63, 3.8) is 0 Å². The molecule has 0 saturated carbocycles. The zero-order valence-electron chi connectivity index (χ0n) is 15.6. The molecule has 1 heterocycles. The van der Waals surface area contributed by atoms with Gasteiger partial charge in [-0.2, -0.15) is 0 Å². The Labute approximate surface area is 152 Å². The number of rotatable bonds is 7. The van der Waals surface area contributed by atoms with Crippen LogP contribution in [0.5, 0.6) is 5.75 Å². The molecule has 0 N–H and O–H groups in total. The number of ether oxygens (including phenoxy) is 1. The number of aryl methyl sites for hydroxylation is 1. The molecule has 25 heavy (non-hydrogen) atoms. The summed E-state index contributed by atoms with van der Waals surface area (Å²) in [5.41, 5.74) is 3.89. The Morgan fingerprint density at radius 2 is 1.64 bits per heavy atom. The zero-order chi connectivity index (χ0) is 17.5. The fourth-order valence-corrected chi connectivity index (χ4v) is 3.42. The van der Waals surface area contributed by atoms with Crippen molar-refractivity contribution in [1.29, 1.82) is 0 Å². The highest BCUT2D eigenvalue weighted by Gasteiger charge is 2.15. The molecule has 1 aliphatic heterocycles. The first-order chi connectivity index (χ1) is 12.2. The SMILES string of the molecule is CCN1CCN(CCOc2ccc(C)cc2Cc2ccccc2)CC1. The predicted molar refractivity (Wildman–Crippen MR) is 104 cm³/mol. The van der Waals surface area contributed by atoms with Crippen molar-refractivity contribution in [2.24, 2.45) is 0 Å². The second kappa shape index (κ2) is 9.02. The maximum Gasteiger partial charge on any atom is 0.122 e. The normalized spacial score (nSPS) is 16.1. The summed E-state index contributed by atoms with van der Waals surface area (Å²) in [7, 11) is 0. The molecule has 0 amide bonds. The molecule has 134 valence electrons. The summed E-state index contributed by atoms with van der Waals surface area (Å²) in [6.07, 6.45) is 0.924. The van der Waals surface area contributed by atoms with Gasteiger partial charge in [-0.05, 0) is 30.7 Å². The molecule has 3 heteroatoms. The molecule has 0 radical (unpaired) electrons. The van der Waals surface area contributed by atoms with Crippen LogP contribution in [0, 0.1) is 6.92 Å². The molecule has 0 bridgehead atoms. The van der Waals surface area contributed by atoms with Gasteiger partial charge in [0.1, 0.15) is 12.4 Å². The van der Waals surface area contributed by atoms with Crippen LogP contribution in [0.1, 0.15) is 23.6 Å². The highest BCUT2D eigenvalue weighted by Crippen LogP contribution is 2.23. The first-order valence-corrected chi connectivity index (χ1v) is 9.45. The van der Waals surface area contributed by atoms with Crippen molar-refractivity contribution in [2.45, 2.75) is 20.3 Å². The van der Waals surface area contributed by atoms with Crippen LogP contribution < -0.4 is 4.74 Å². The number of likely N-dealkylation sites (N-methyl/N-ethyl adjacent to an activating group) is 1. The Kier molecular flexibility index (Phi) is 6.48. The van der Waals surface area contributed by atoms with E-state index in [2.05, 4.69) is 72.2 Å². The molecule has 0 aliphatic carbocycles. The van der Waals surface area contributed by atoms with E-state index < -0.39 is 0 Å². The molecule has 3 nitrogen and oxygen atoms in total. The summed E-state index contributed by atoms with van der Waals surface area (Å²) < 4.78 is 6.16. The highest BCUT2D eigenvalue weighted by molar-refractivity contribution is 5.40. The van der Waals surface area contributed by atoms with E-state index in [0.29, 0.717) is 0 Å². The summed E-state index contributed by atoms with van der Waals surface area (Å²) in [5.74, 6) is 1.03. The standard InChI is InChI=1S/C22H30N2O/c1-3-23-11-13-24(14-12-23)15-16-25-22-10-9-19(2)17-21(22)18-20-7-5-4-6-8-20/h4-10,17H,3,11-16,18H2,1-2H3. The van der Waals surface area contributed by atoms with E-state index in [4.69, 9.17) is 4.74 Å². The van der Waals surface area contributed by atoms with E-state index in [0.717, 1.165) is 45.0 Å². The monoisotopic (exact) mass is 338 g/mol. The largest absolute Gasteiger partial charge is 0.492 e. The van der Waals surface area contributed by atoms with Gasteiger partial charge in [0.25, 0.3) is 0 Å². The number of nitrogens with zero attached hydrogens (tertiary/aromatic N) is 2. The van der Waals surface area contributed by atoms with Crippen LogP contribution >= 0.6 is 0 Å². The van der Waals surface area contributed by atoms with Gasteiger partial charge < -0.3 is 9.64 Å². The fraction of sp³-hybridized carbons (Fsp3) is 0.455. The lowest BCUT2D eigenvalue weighted by Gasteiger charge is -2.33. The Balaban J connectivity index is 1.55. The van der Waals surface area contributed by atoms with Crippen molar-refractivity contribution in [3.8, 4) is 5.75 Å². The Bertz CT molecular complexity index is 648. The smallest absolute Gasteiger partial charge is 0.122 e. The minimum Gasteiger partial charge on any atom is -0.492 e. The predicted octanol–water partition coefficient (Wildman–Crippen LogP) is 3.60. The van der Waals surface area contributed by atoms with Gasteiger partial charge in [-0.3, -0.25) is 4.90 Å². The average molecular weight is 338 g/mol. The third-order valence-electron chi connectivity index (χ3n) is 5.03. The van der Waals surface area contributed by atoms with Gasteiger partial charge in [0.15, 0.2) is 0 Å². The van der Waals surface area contributed by atoms with Crippen LogP contribution in [0.3, 0.4) is 0 Å². The minimum absolute atomic E-state index is 0.761. The van der Waals surface area contributed by atoms with E-state index >= 15 is 0 Å². The molecule has 1 fully saturated rings. The van der Waals surface area contributed by atoms with E-state index in [1.807, 2.05) is 0 Å². The van der Waals surface area contributed by atoms with Crippen molar-refractivity contribution >= 4 is 0 Å². The number of piperazine rings is 1. The summed E-state index contributed by atoms with van der Waals surface area (Å²) in [4.78, 5) is 5.02. The molecule has 0 spiro atoms. The first-order valence-electron chi connectivity index (χ1n) is 9.45. The maximum absolute atomic E-state index is 6.16. The van der Waals surface area contributed by atoms with Crippen LogP contribution in [0.25, 0.3) is 0 Å². The lowest BCUT2D eigenvalue weighted by atomic mass is 10.0. The molecule has 1 aliphatic rings. The van der Waals surface area contributed by atoms with Crippen LogP contribution in [-0.2, 0) is 6.42 Å². The topological polar surface area (TPSA) is 15.7 Å². The quantitative estimate of drug-likeness (QED) is 0.767. The van der Waals surface area contributed by atoms with Gasteiger partial charge >= 0.3 is 0 Å². The van der Waals surface area contributed by atoms with Gasteiger partial charge in [0.05, 0.1) is 0 Å². The zero-order valence-corrected chi connectivity index (χ0v) is 15.6. The third kappa shape index (κ3) is 5.32. The molecule has 1 saturated heterocycles. The molecule has 2 aromatic carbocycles. The molecule has 3 rings (SSSR count). The van der Waals surface area contributed by atoms with Crippen molar-refractivity contribution in [1.82, 2.24) is 9.80 Å². The summed E-state index contributed by atoms with van der Waals surface area (Å²) in [6.45, 7) is 12.0. The number of hydrogen-bond donors (Lipinski definition) is 0. The van der Waals surface area contributed by atoms with Gasteiger partial charge in [0, 0.05) is 39.1 Å². The molecule has 0 unspecified atom stereocenters. The molecular formula is C22H30N2O. The third-order valence-corrected chi connectivity index (χ3v) is 5.03. The fourth-order valence-electron chi connectivity index (χ4n) is 3.42. The molecule has 2 aromatic rings. The second-order valence-electron chi connectivity index (χ2n) is 6.90. The Morgan fingerprint density at radius 3 is 2.36 bits per heavy atom. The highest BCUT2D eigenvalue weighted by atomic mass is 16.5. The van der Waals surface area contributed by atoms with E-state index in [1.165, 1.54) is 29.8 Å². The summed E-state index contributed by atoms with van der Waals surface area (Å²) in [6, 6.07) is 17.1. The average Bonchev–Trinajstić information content (AvgIpc) is 2.65. The second-order valence-corrected chi connectivity index (χ2v) is 6.90. The van der Waals surface area contributed by atoms with Crippen LogP contribution in [-0.4, -0.2) is 55.7 Å². The molecule has 0 atom stereocenters. The van der Waals surface area contributed by atoms with E-state index in [9.17, 15) is 0 Å². The lowest BCUT2D eigenvalue weighted by Crippen LogP contribution is -2.47. The minimum atomic E-state index is 0.761. The Hall–Kier alpha value is -1.84. The Morgan fingerprint density at radius 1 is 0.920 bits per heavy atom. The van der Waals surface area contributed by atoms with E-state index in [1.54, 1.807) is 0 Å². The van der Waals surface area contributed by atoms with Crippen LogP contribution in [0.15, 0.2) is 48.5 Å². The van der Waals surface area contributed by atoms with Gasteiger partial charge in [-0.15, -0.1) is 0 Å². The van der Waals surface area contributed by atoms with Crippen molar-refractivity contribution < 1.29 is 4.74 Å². The molecule has 0 aromatic heterocycles. The van der Waals surface area contributed by atoms with Gasteiger partial charge in [-0.1, -0.05) is 55.0 Å². The summed E-state index contributed by atoms with van der Waals surface area (Å²) in [5, 5.41) is 0. The van der Waals surface area contributed by atoms with Crippen LogP contribution in [0.2, 0.25) is 0 Å². The molecular weight excluding hydrogens is 308 g/mol. The van der Waals surface area contributed by atoms with Crippen LogP contribution in [0.4, 0.5) is 0 Å². The number of hydrogen-bond acceptors (Lipinski definition) is 3. The number of benzene rings is 2. The van der Waals surface area contributed by atoms with Gasteiger partial charge in [0.2, 0.25) is 0 Å². The van der Waals surface area contributed by atoms with Crippen molar-refractivity contribution in [3.05, 3.63) is 65.2 Å². The van der Waals surface area contributed by atoms with E-state index in [-0.39, 0.29) is 0 Å². The van der Waals surface area contributed by atoms with Crippen molar-refractivity contribution in [2.75, 3.05) is 45.9 Å². The van der Waals surface area contributed by atoms with Gasteiger partial charge in [-0.25, -0.2) is 0 Å².